The Morgan fingerprint density at radius 1 is 0.897 bits per heavy atom. The number of carbonyl (C=O) groups is 2. The van der Waals surface area contributed by atoms with Crippen molar-refractivity contribution in [2.75, 3.05) is 51.3 Å². The van der Waals surface area contributed by atoms with Crippen LogP contribution in [0.5, 0.6) is 5.75 Å². The van der Waals surface area contributed by atoms with Crippen molar-refractivity contribution < 1.29 is 14.3 Å². The number of carbonyl (C=O) groups excluding carboxylic acids is 2. The molecule has 1 aliphatic carbocycles. The number of unbranched alkanes of at least 4 members (excludes halogenated alkanes) is 1. The number of amides is 2. The van der Waals surface area contributed by atoms with E-state index >= 15 is 0 Å². The van der Waals surface area contributed by atoms with Crippen molar-refractivity contribution in [3.63, 3.8) is 0 Å². The topological polar surface area (TPSA) is 53.1 Å². The third kappa shape index (κ3) is 4.27. The fourth-order valence-electron chi connectivity index (χ4n) is 5.16. The Balaban J connectivity index is 1.19. The predicted octanol–water partition coefficient (Wildman–Crippen LogP) is 2.77. The highest BCUT2D eigenvalue weighted by Crippen LogP contribution is 2.38. The van der Waals surface area contributed by atoms with Crippen LogP contribution in [0.15, 0.2) is 24.3 Å². The molecule has 158 valence electrons. The van der Waals surface area contributed by atoms with Gasteiger partial charge in [0.25, 0.3) is 0 Å². The van der Waals surface area contributed by atoms with Crippen LogP contribution >= 0.6 is 0 Å². The molecule has 0 unspecified atom stereocenters. The number of hydrogen-bond acceptors (Lipinski definition) is 5. The molecule has 2 aliphatic heterocycles. The Morgan fingerprint density at radius 2 is 1.52 bits per heavy atom. The number of ether oxygens (including phenoxy) is 1. The lowest BCUT2D eigenvalue weighted by molar-refractivity contribution is -0.140. The summed E-state index contributed by atoms with van der Waals surface area (Å²) in [6, 6.07) is 8.19. The molecule has 1 aromatic carbocycles. The molecular formula is C23H33N3O3. The number of para-hydroxylation sites is 2. The number of imide groups is 1. The Morgan fingerprint density at radius 3 is 2.17 bits per heavy atom. The summed E-state index contributed by atoms with van der Waals surface area (Å²) < 4.78 is 5.49. The molecule has 0 bridgehead atoms. The fraction of sp³-hybridized carbons (Fsp3) is 0.652. The zero-order chi connectivity index (χ0) is 20.2. The Labute approximate surface area is 173 Å². The van der Waals surface area contributed by atoms with Crippen molar-refractivity contribution in [2.24, 2.45) is 11.8 Å². The van der Waals surface area contributed by atoms with Crippen molar-refractivity contribution in [3.05, 3.63) is 24.3 Å². The van der Waals surface area contributed by atoms with Crippen LogP contribution in [0.2, 0.25) is 0 Å². The summed E-state index contributed by atoms with van der Waals surface area (Å²) >= 11 is 0. The molecule has 2 saturated heterocycles. The smallest absolute Gasteiger partial charge is 0.233 e. The van der Waals surface area contributed by atoms with Gasteiger partial charge in [-0.05, 0) is 44.4 Å². The average molecular weight is 400 g/mol. The quantitative estimate of drug-likeness (QED) is 0.521. The van der Waals surface area contributed by atoms with Gasteiger partial charge in [0, 0.05) is 32.7 Å². The number of likely N-dealkylation sites (tertiary alicyclic amines) is 1. The van der Waals surface area contributed by atoms with Crippen molar-refractivity contribution in [2.45, 2.75) is 38.5 Å². The maximum Gasteiger partial charge on any atom is 0.233 e. The van der Waals surface area contributed by atoms with Gasteiger partial charge in [0.2, 0.25) is 11.8 Å². The molecule has 2 atom stereocenters. The zero-order valence-corrected chi connectivity index (χ0v) is 17.5. The summed E-state index contributed by atoms with van der Waals surface area (Å²) in [5, 5.41) is 0. The molecule has 2 amide bonds. The number of fused-ring (bicyclic) bond motifs is 1. The van der Waals surface area contributed by atoms with Gasteiger partial charge >= 0.3 is 0 Å². The first kappa shape index (κ1) is 20.2. The van der Waals surface area contributed by atoms with Crippen LogP contribution < -0.4 is 9.64 Å². The minimum atomic E-state index is -0.0145. The SMILES string of the molecule is COc1ccccc1N1CCN(CCCCN2C(=O)[C@H]3CCCC[C@H]3C2=O)CC1. The van der Waals surface area contributed by atoms with E-state index < -0.39 is 0 Å². The van der Waals surface area contributed by atoms with Crippen LogP contribution in [0.3, 0.4) is 0 Å². The maximum atomic E-state index is 12.5. The Bertz CT molecular complexity index is 706. The molecular weight excluding hydrogens is 366 g/mol. The molecule has 0 N–H and O–H groups in total. The Hall–Kier alpha value is -2.08. The molecule has 0 spiro atoms. The van der Waals surface area contributed by atoms with E-state index in [9.17, 15) is 9.59 Å². The molecule has 4 rings (SSSR count). The molecule has 29 heavy (non-hydrogen) atoms. The van der Waals surface area contributed by atoms with Gasteiger partial charge in [-0.1, -0.05) is 25.0 Å². The van der Waals surface area contributed by atoms with E-state index in [1.807, 2.05) is 12.1 Å². The van der Waals surface area contributed by atoms with Crippen LogP contribution in [-0.2, 0) is 9.59 Å². The van der Waals surface area contributed by atoms with Gasteiger partial charge in [0.05, 0.1) is 24.6 Å². The average Bonchev–Trinajstić information content (AvgIpc) is 3.02. The van der Waals surface area contributed by atoms with Gasteiger partial charge in [-0.3, -0.25) is 19.4 Å². The highest BCUT2D eigenvalue weighted by atomic mass is 16.5. The second-order valence-electron chi connectivity index (χ2n) is 8.53. The van der Waals surface area contributed by atoms with Gasteiger partial charge in [0.1, 0.15) is 5.75 Å². The summed E-state index contributed by atoms with van der Waals surface area (Å²) in [6.07, 6.45) is 5.93. The number of rotatable bonds is 7. The van der Waals surface area contributed by atoms with Crippen molar-refractivity contribution >= 4 is 17.5 Å². The molecule has 2 heterocycles. The summed E-state index contributed by atoms with van der Waals surface area (Å²) in [4.78, 5) is 31.5. The second kappa shape index (κ2) is 9.16. The monoisotopic (exact) mass is 399 g/mol. The molecule has 3 fully saturated rings. The van der Waals surface area contributed by atoms with Gasteiger partial charge in [-0.25, -0.2) is 0 Å². The van der Waals surface area contributed by atoms with E-state index in [0.29, 0.717) is 6.54 Å². The lowest BCUT2D eigenvalue weighted by Gasteiger charge is -2.36. The molecule has 6 heteroatoms. The van der Waals surface area contributed by atoms with Gasteiger partial charge in [-0.15, -0.1) is 0 Å². The fourth-order valence-corrected chi connectivity index (χ4v) is 5.16. The summed E-state index contributed by atoms with van der Waals surface area (Å²) in [7, 11) is 1.72. The van der Waals surface area contributed by atoms with E-state index in [0.717, 1.165) is 77.0 Å². The second-order valence-corrected chi connectivity index (χ2v) is 8.53. The van der Waals surface area contributed by atoms with E-state index in [4.69, 9.17) is 4.74 Å². The highest BCUT2D eigenvalue weighted by molar-refractivity contribution is 6.05. The first-order valence-electron chi connectivity index (χ1n) is 11.1. The third-order valence-electron chi connectivity index (χ3n) is 6.84. The standard InChI is InChI=1S/C23H33N3O3/c1-29-21-11-5-4-10-20(21)25-16-14-24(15-17-25)12-6-7-13-26-22(27)18-8-2-3-9-19(18)23(26)28/h4-5,10-11,18-19H,2-3,6-9,12-17H2,1H3/t18-,19+. The minimum Gasteiger partial charge on any atom is -0.495 e. The molecule has 1 aromatic rings. The maximum absolute atomic E-state index is 12.5. The van der Waals surface area contributed by atoms with Crippen LogP contribution in [0.1, 0.15) is 38.5 Å². The number of piperazine rings is 1. The van der Waals surface area contributed by atoms with E-state index in [1.165, 1.54) is 5.69 Å². The highest BCUT2D eigenvalue weighted by Gasteiger charge is 2.47. The van der Waals surface area contributed by atoms with Crippen molar-refractivity contribution in [3.8, 4) is 5.75 Å². The summed E-state index contributed by atoms with van der Waals surface area (Å²) in [5.41, 5.74) is 1.17. The molecule has 3 aliphatic rings. The largest absolute Gasteiger partial charge is 0.495 e. The number of hydrogen-bond donors (Lipinski definition) is 0. The van der Waals surface area contributed by atoms with Crippen LogP contribution in [0.4, 0.5) is 5.69 Å². The van der Waals surface area contributed by atoms with Gasteiger partial charge in [-0.2, -0.15) is 0 Å². The van der Waals surface area contributed by atoms with E-state index in [2.05, 4.69) is 21.9 Å². The van der Waals surface area contributed by atoms with Crippen molar-refractivity contribution in [1.82, 2.24) is 9.80 Å². The van der Waals surface area contributed by atoms with Crippen molar-refractivity contribution in [1.29, 1.82) is 0 Å². The Kier molecular flexibility index (Phi) is 6.38. The molecule has 0 radical (unpaired) electrons. The molecule has 6 nitrogen and oxygen atoms in total. The lowest BCUT2D eigenvalue weighted by atomic mass is 9.81. The van der Waals surface area contributed by atoms with E-state index in [1.54, 1.807) is 12.0 Å². The number of anilines is 1. The van der Waals surface area contributed by atoms with Gasteiger partial charge < -0.3 is 9.64 Å². The van der Waals surface area contributed by atoms with Crippen LogP contribution in [-0.4, -0.2) is 68.0 Å². The molecule has 0 aromatic heterocycles. The lowest BCUT2D eigenvalue weighted by Crippen LogP contribution is -2.46. The first-order valence-corrected chi connectivity index (χ1v) is 11.1. The number of nitrogens with zero attached hydrogens (tertiary/aromatic N) is 3. The van der Waals surface area contributed by atoms with E-state index in [-0.39, 0.29) is 23.7 Å². The zero-order valence-electron chi connectivity index (χ0n) is 17.5. The normalized spacial score (nSPS) is 25.4. The van der Waals surface area contributed by atoms with Gasteiger partial charge in [0.15, 0.2) is 0 Å². The third-order valence-corrected chi connectivity index (χ3v) is 6.84. The number of methoxy groups -OCH3 is 1. The van der Waals surface area contributed by atoms with Crippen LogP contribution in [0.25, 0.3) is 0 Å². The summed E-state index contributed by atoms with van der Waals surface area (Å²) in [5.74, 6) is 1.11. The first-order chi connectivity index (χ1) is 14.2. The summed E-state index contributed by atoms with van der Waals surface area (Å²) in [6.45, 7) is 5.68. The van der Waals surface area contributed by atoms with Crippen LogP contribution in [0, 0.1) is 11.8 Å². The number of benzene rings is 1. The molecule has 1 saturated carbocycles. The minimum absolute atomic E-state index is 0.0145. The predicted molar refractivity (Wildman–Crippen MR) is 113 cm³/mol.